The Hall–Kier alpha value is -3.74. The van der Waals surface area contributed by atoms with E-state index in [0.29, 0.717) is 26.2 Å². The van der Waals surface area contributed by atoms with Gasteiger partial charge < -0.3 is 24.2 Å². The van der Waals surface area contributed by atoms with Crippen molar-refractivity contribution in [2.24, 2.45) is 10.3 Å². The second-order valence-electron chi connectivity index (χ2n) is 8.19. The predicted octanol–water partition coefficient (Wildman–Crippen LogP) is 6.07. The molecule has 0 heterocycles. The first-order valence-electron chi connectivity index (χ1n) is 13.0. The second kappa shape index (κ2) is 16.8. The zero-order valence-electron chi connectivity index (χ0n) is 22.9. The first-order valence-corrected chi connectivity index (χ1v) is 13.0. The number of anilines is 2. The van der Waals surface area contributed by atoms with Crippen molar-refractivity contribution in [1.82, 2.24) is 0 Å². The Morgan fingerprint density at radius 3 is 1.78 bits per heavy atom. The van der Waals surface area contributed by atoms with Crippen LogP contribution >= 0.6 is 0 Å². The largest absolute Gasteiger partial charge is 0.492 e. The van der Waals surface area contributed by atoms with Crippen molar-refractivity contribution < 1.29 is 14.4 Å². The van der Waals surface area contributed by atoms with E-state index in [4.69, 9.17) is 14.4 Å². The van der Waals surface area contributed by atoms with Gasteiger partial charge in [-0.25, -0.2) is 0 Å². The molecular formula is C30H42N4O3. The Balaban J connectivity index is 2.29. The summed E-state index contributed by atoms with van der Waals surface area (Å²) in [4.78, 5) is 15.1. The lowest BCUT2D eigenvalue weighted by molar-refractivity contribution is 0.176. The maximum absolute atomic E-state index is 6.33. The second-order valence-corrected chi connectivity index (χ2v) is 8.19. The predicted molar refractivity (Wildman–Crippen MR) is 157 cm³/mol. The summed E-state index contributed by atoms with van der Waals surface area (Å²) in [6, 6.07) is 12.6. The molecule has 0 spiro atoms. The molecule has 0 aromatic heterocycles. The average molecular weight is 507 g/mol. The fourth-order valence-electron chi connectivity index (χ4n) is 3.91. The molecule has 0 radical (unpaired) electrons. The molecule has 0 bridgehead atoms. The van der Waals surface area contributed by atoms with Gasteiger partial charge in [0.15, 0.2) is 0 Å². The molecule has 0 aliphatic carbocycles. The van der Waals surface area contributed by atoms with Gasteiger partial charge in [-0.05, 0) is 63.1 Å². The lowest BCUT2D eigenvalue weighted by atomic mass is 10.0. The van der Waals surface area contributed by atoms with Gasteiger partial charge in [-0.3, -0.25) is 0 Å². The zero-order valence-corrected chi connectivity index (χ0v) is 22.9. The highest BCUT2D eigenvalue weighted by Crippen LogP contribution is 2.26. The lowest BCUT2D eigenvalue weighted by Crippen LogP contribution is -2.22. The molecule has 2 aromatic carbocycles. The van der Waals surface area contributed by atoms with Crippen LogP contribution in [0, 0.1) is 0 Å². The van der Waals surface area contributed by atoms with Crippen LogP contribution in [0.4, 0.5) is 11.4 Å². The van der Waals surface area contributed by atoms with Gasteiger partial charge in [-0.1, -0.05) is 41.7 Å². The number of hydrogen-bond acceptors (Lipinski definition) is 7. The smallest absolute Gasteiger partial charge is 0.135 e. The van der Waals surface area contributed by atoms with Crippen molar-refractivity contribution in [3.05, 3.63) is 78.4 Å². The first kappa shape index (κ1) is 29.5. The molecular weight excluding hydrogens is 464 g/mol. The van der Waals surface area contributed by atoms with Gasteiger partial charge in [-0.15, -0.1) is 0 Å². The monoisotopic (exact) mass is 506 g/mol. The van der Waals surface area contributed by atoms with Crippen molar-refractivity contribution in [3.8, 4) is 5.75 Å². The van der Waals surface area contributed by atoms with Gasteiger partial charge in [0, 0.05) is 55.6 Å². The summed E-state index contributed by atoms with van der Waals surface area (Å²) in [5.74, 6) is 0.764. The molecule has 0 fully saturated rings. The van der Waals surface area contributed by atoms with Crippen molar-refractivity contribution >= 4 is 23.8 Å². The van der Waals surface area contributed by atoms with Crippen LogP contribution in [-0.2, 0) is 16.1 Å². The van der Waals surface area contributed by atoms with Gasteiger partial charge >= 0.3 is 0 Å². The van der Waals surface area contributed by atoms with Crippen LogP contribution < -0.4 is 14.5 Å². The van der Waals surface area contributed by atoms with E-state index in [-0.39, 0.29) is 0 Å². The summed E-state index contributed by atoms with van der Waals surface area (Å²) in [6.45, 7) is 20.9. The molecule has 7 heteroatoms. The lowest BCUT2D eigenvalue weighted by Gasteiger charge is -2.23. The van der Waals surface area contributed by atoms with E-state index >= 15 is 0 Å². The summed E-state index contributed by atoms with van der Waals surface area (Å²) in [6.07, 6.45) is 7.47. The van der Waals surface area contributed by atoms with Crippen LogP contribution in [0.2, 0.25) is 0 Å². The molecule has 0 aliphatic rings. The SMILES string of the molecule is C=CCO/N=C/c1ccc(N(CC)CC)cc1CCOc1cc(N(CC)CC)ccc1/C=N/OCC=C. The fraction of sp³-hybridized carbons (Fsp3) is 0.400. The maximum atomic E-state index is 6.33. The van der Waals surface area contributed by atoms with Crippen LogP contribution in [0.3, 0.4) is 0 Å². The van der Waals surface area contributed by atoms with Gasteiger partial charge in [0.1, 0.15) is 19.0 Å². The number of rotatable bonds is 18. The van der Waals surface area contributed by atoms with Gasteiger partial charge in [0.2, 0.25) is 0 Å². The molecule has 200 valence electrons. The van der Waals surface area contributed by atoms with E-state index in [9.17, 15) is 0 Å². The molecule has 0 saturated heterocycles. The molecule has 0 unspecified atom stereocenters. The summed E-state index contributed by atoms with van der Waals surface area (Å²) >= 11 is 0. The van der Waals surface area contributed by atoms with Crippen LogP contribution in [0.15, 0.2) is 72.0 Å². The average Bonchev–Trinajstić information content (AvgIpc) is 2.92. The third kappa shape index (κ3) is 9.33. The quantitative estimate of drug-likeness (QED) is 0.106. The van der Waals surface area contributed by atoms with E-state index in [1.807, 2.05) is 6.07 Å². The molecule has 2 rings (SSSR count). The number of oxime groups is 2. The van der Waals surface area contributed by atoms with Gasteiger partial charge in [0.05, 0.1) is 19.0 Å². The van der Waals surface area contributed by atoms with E-state index in [1.54, 1.807) is 24.6 Å². The highest BCUT2D eigenvalue weighted by molar-refractivity contribution is 5.84. The summed E-state index contributed by atoms with van der Waals surface area (Å²) in [5, 5.41) is 8.14. The molecule has 7 nitrogen and oxygen atoms in total. The third-order valence-electron chi connectivity index (χ3n) is 5.93. The van der Waals surface area contributed by atoms with Crippen LogP contribution in [0.5, 0.6) is 5.75 Å². The number of benzene rings is 2. The number of nitrogens with zero attached hydrogens (tertiary/aromatic N) is 4. The summed E-state index contributed by atoms with van der Waals surface area (Å²) in [5.41, 5.74) is 5.29. The van der Waals surface area contributed by atoms with Crippen LogP contribution in [0.1, 0.15) is 44.4 Å². The summed E-state index contributed by atoms with van der Waals surface area (Å²) < 4.78 is 6.33. The van der Waals surface area contributed by atoms with E-state index in [1.165, 1.54) is 5.69 Å². The Morgan fingerprint density at radius 2 is 1.24 bits per heavy atom. The molecule has 0 N–H and O–H groups in total. The normalized spacial score (nSPS) is 11.0. The Morgan fingerprint density at radius 1 is 0.730 bits per heavy atom. The molecule has 0 amide bonds. The highest BCUT2D eigenvalue weighted by atomic mass is 16.6. The Kier molecular flexibility index (Phi) is 13.4. The maximum Gasteiger partial charge on any atom is 0.135 e. The third-order valence-corrected chi connectivity index (χ3v) is 5.93. The first-order chi connectivity index (χ1) is 18.1. The minimum absolute atomic E-state index is 0.355. The fourth-order valence-corrected chi connectivity index (χ4v) is 3.91. The standard InChI is InChI=1S/C30H42N4O3/c1-7-18-36-31-23-26-13-15-28(33(9-3)10-4)21-25(26)17-20-35-30-22-29(34(11-5)12-6)16-14-27(30)24-32-37-19-8-2/h7-8,13-16,21-24H,1-2,9-12,17-20H2,3-6H3/b31-23+,32-24+. The molecule has 2 aromatic rings. The summed E-state index contributed by atoms with van der Waals surface area (Å²) in [7, 11) is 0. The highest BCUT2D eigenvalue weighted by Gasteiger charge is 2.11. The van der Waals surface area contributed by atoms with Crippen LogP contribution in [-0.4, -0.2) is 58.4 Å². The Bertz CT molecular complexity index is 946. The van der Waals surface area contributed by atoms with Crippen molar-refractivity contribution in [3.63, 3.8) is 0 Å². The molecule has 37 heavy (non-hydrogen) atoms. The van der Waals surface area contributed by atoms with Crippen molar-refractivity contribution in [2.45, 2.75) is 34.1 Å². The minimum atomic E-state index is 0.355. The zero-order chi connectivity index (χ0) is 26.9. The number of ether oxygens (including phenoxy) is 1. The molecule has 0 aliphatic heterocycles. The van der Waals surface area contributed by atoms with Gasteiger partial charge in [-0.2, -0.15) is 0 Å². The van der Waals surface area contributed by atoms with E-state index in [0.717, 1.165) is 54.3 Å². The Labute approximate surface area is 222 Å². The number of hydrogen-bond donors (Lipinski definition) is 0. The van der Waals surface area contributed by atoms with E-state index < -0.39 is 0 Å². The van der Waals surface area contributed by atoms with Crippen LogP contribution in [0.25, 0.3) is 0 Å². The van der Waals surface area contributed by atoms with Gasteiger partial charge in [0.25, 0.3) is 0 Å². The van der Waals surface area contributed by atoms with Crippen molar-refractivity contribution in [2.75, 3.05) is 55.8 Å². The topological polar surface area (TPSA) is 58.9 Å². The van der Waals surface area contributed by atoms with E-state index in [2.05, 4.69) is 91.3 Å². The minimum Gasteiger partial charge on any atom is -0.492 e. The van der Waals surface area contributed by atoms with Crippen molar-refractivity contribution in [1.29, 1.82) is 0 Å². The molecule has 0 saturated carbocycles. The molecule has 0 atom stereocenters.